The molecule has 0 heterocycles. The molecule has 1 aromatic rings. The maximum absolute atomic E-state index is 13.7. The molecule has 9 nitrogen and oxygen atoms in total. The van der Waals surface area contributed by atoms with Gasteiger partial charge in [-0.3, -0.25) is 28.9 Å². The first-order valence-electron chi connectivity index (χ1n) is 11.8. The van der Waals surface area contributed by atoms with Crippen LogP contribution in [0.1, 0.15) is 46.8 Å². The lowest BCUT2D eigenvalue weighted by molar-refractivity contribution is -0.175. The highest BCUT2D eigenvalue weighted by Crippen LogP contribution is 2.50. The van der Waals surface area contributed by atoms with E-state index >= 15 is 0 Å². The topological polar surface area (TPSA) is 155 Å². The van der Waals surface area contributed by atoms with Gasteiger partial charge >= 0.3 is 0 Å². The average Bonchev–Trinajstić information content (AvgIpc) is 2.78. The Morgan fingerprint density at radius 2 is 1.91 bits per heavy atom. The third-order valence-electron chi connectivity index (χ3n) is 7.84. The first-order chi connectivity index (χ1) is 16.5. The number of likely N-dealkylation sites (N-methyl/N-ethyl adjacent to an activating group) is 1. The molecule has 186 valence electrons. The van der Waals surface area contributed by atoms with Crippen molar-refractivity contribution in [3.63, 3.8) is 0 Å². The van der Waals surface area contributed by atoms with E-state index in [0.717, 1.165) is 5.56 Å². The predicted molar refractivity (Wildman–Crippen MR) is 124 cm³/mol. The lowest BCUT2D eigenvalue weighted by atomic mass is 9.53. The first-order valence-corrected chi connectivity index (χ1v) is 11.8. The van der Waals surface area contributed by atoms with Gasteiger partial charge in [0.05, 0.1) is 11.5 Å². The van der Waals surface area contributed by atoms with Gasteiger partial charge in [0, 0.05) is 31.0 Å². The number of aryl methyl sites for hydroxylation is 1. The maximum atomic E-state index is 13.7. The normalized spacial score (nSPS) is 30.1. The summed E-state index contributed by atoms with van der Waals surface area (Å²) in [6, 6.07) is 1.87. The van der Waals surface area contributed by atoms with Gasteiger partial charge in [-0.15, -0.1) is 6.58 Å². The highest BCUT2D eigenvalue weighted by molar-refractivity contribution is 6.31. The number of Topliss-reactive ketones (excluding diaryl/α,β-unsaturated/α-hetero) is 4. The van der Waals surface area contributed by atoms with Gasteiger partial charge in [-0.25, -0.2) is 0 Å². The fourth-order valence-electron chi connectivity index (χ4n) is 6.19. The zero-order valence-electron chi connectivity index (χ0n) is 19.9. The quantitative estimate of drug-likeness (QED) is 0.391. The van der Waals surface area contributed by atoms with Crippen molar-refractivity contribution in [2.45, 2.75) is 44.8 Å². The zero-order valence-corrected chi connectivity index (χ0v) is 19.9. The predicted octanol–water partition coefficient (Wildman–Crippen LogP) is 0.507. The van der Waals surface area contributed by atoms with Gasteiger partial charge in [-0.05, 0) is 43.4 Å². The molecule has 1 amide bonds. The molecule has 2 fully saturated rings. The number of hydrogen-bond donors (Lipinski definition) is 3. The van der Waals surface area contributed by atoms with Gasteiger partial charge < -0.3 is 15.9 Å². The Morgan fingerprint density at radius 3 is 2.51 bits per heavy atom. The molecule has 0 aliphatic heterocycles. The number of benzene rings is 1. The van der Waals surface area contributed by atoms with Crippen molar-refractivity contribution >= 4 is 29.0 Å². The van der Waals surface area contributed by atoms with Crippen LogP contribution in [0.15, 0.2) is 18.7 Å². The Balaban J connectivity index is 1.79. The van der Waals surface area contributed by atoms with E-state index < -0.39 is 58.3 Å². The van der Waals surface area contributed by atoms with Crippen LogP contribution in [0.5, 0.6) is 5.75 Å². The Labute approximate surface area is 203 Å². The largest absolute Gasteiger partial charge is 0.507 e. The molecule has 0 bridgehead atoms. The van der Waals surface area contributed by atoms with Crippen LogP contribution in [-0.4, -0.2) is 63.3 Å². The number of aliphatic hydroxyl groups is 1. The van der Waals surface area contributed by atoms with Gasteiger partial charge in [0.25, 0.3) is 0 Å². The SMILES string of the molecule is C=CCN(C)Cc1cc(CC)c2c(c1O)C(=O)C1C(=O)[C@]3(O)C(=O)C(C(N)=O)C(=O)C[C@@H]3C[C@@H]1C2. The van der Waals surface area contributed by atoms with Crippen LogP contribution >= 0.6 is 0 Å². The number of ketones is 4. The van der Waals surface area contributed by atoms with Crippen LogP contribution in [0.3, 0.4) is 0 Å². The van der Waals surface area contributed by atoms with Crippen molar-refractivity contribution in [3.8, 4) is 5.75 Å². The van der Waals surface area contributed by atoms with Crippen molar-refractivity contribution in [1.29, 1.82) is 0 Å². The molecule has 35 heavy (non-hydrogen) atoms. The number of aromatic hydroxyl groups is 1. The van der Waals surface area contributed by atoms with Crippen LogP contribution in [-0.2, 0) is 38.6 Å². The minimum atomic E-state index is -2.63. The number of nitrogens with two attached hydrogens (primary N) is 1. The van der Waals surface area contributed by atoms with Crippen molar-refractivity contribution in [2.24, 2.45) is 29.4 Å². The number of phenols is 1. The minimum absolute atomic E-state index is 0.0498. The van der Waals surface area contributed by atoms with Crippen molar-refractivity contribution in [2.75, 3.05) is 13.6 Å². The number of carbonyl (C=O) groups excluding carboxylic acids is 5. The van der Waals surface area contributed by atoms with E-state index in [4.69, 9.17) is 5.73 Å². The van der Waals surface area contributed by atoms with E-state index in [0.29, 0.717) is 37.1 Å². The van der Waals surface area contributed by atoms with Crippen molar-refractivity contribution < 1.29 is 34.2 Å². The van der Waals surface area contributed by atoms with E-state index in [1.807, 2.05) is 24.9 Å². The fourth-order valence-corrected chi connectivity index (χ4v) is 6.19. The molecule has 5 atom stereocenters. The summed E-state index contributed by atoms with van der Waals surface area (Å²) in [4.78, 5) is 66.4. The van der Waals surface area contributed by atoms with Gasteiger partial charge in [0.2, 0.25) is 5.91 Å². The molecule has 4 rings (SSSR count). The van der Waals surface area contributed by atoms with E-state index in [9.17, 15) is 34.2 Å². The van der Waals surface area contributed by atoms with Crippen LogP contribution in [0.4, 0.5) is 0 Å². The summed E-state index contributed by atoms with van der Waals surface area (Å²) < 4.78 is 0. The molecule has 2 saturated carbocycles. The molecule has 9 heteroatoms. The average molecular weight is 483 g/mol. The summed E-state index contributed by atoms with van der Waals surface area (Å²) in [7, 11) is 1.84. The first kappa shape index (κ1) is 24.9. The van der Waals surface area contributed by atoms with Crippen molar-refractivity contribution in [3.05, 3.63) is 41.0 Å². The van der Waals surface area contributed by atoms with Gasteiger partial charge in [-0.2, -0.15) is 0 Å². The number of carbonyl (C=O) groups is 5. The maximum Gasteiger partial charge on any atom is 0.235 e. The summed E-state index contributed by atoms with van der Waals surface area (Å²) in [5.41, 5.74) is 4.70. The highest BCUT2D eigenvalue weighted by Gasteiger charge is 2.66. The molecule has 3 aliphatic carbocycles. The standard InChI is InChI=1S/C26H30N2O7/c1-4-6-28(3)11-14-7-12(5-2)16-9-13-8-15-10-17(29)20(25(27)34)24(33)26(15,35)23(32)18(13)22(31)19(16)21(14)30/h4,7,13,15,18,20,30,35H,1,5-6,8-11H2,2-3H3,(H2,27,34)/t13-,15+,18?,20?,26+/m1/s1. The molecule has 0 saturated heterocycles. The summed E-state index contributed by atoms with van der Waals surface area (Å²) in [6.07, 6.45) is 2.37. The van der Waals surface area contributed by atoms with E-state index in [-0.39, 0.29) is 24.2 Å². The van der Waals surface area contributed by atoms with Crippen LogP contribution in [0.25, 0.3) is 0 Å². The molecule has 3 aliphatic rings. The lowest BCUT2D eigenvalue weighted by Gasteiger charge is -2.48. The van der Waals surface area contributed by atoms with Crippen LogP contribution < -0.4 is 5.73 Å². The summed E-state index contributed by atoms with van der Waals surface area (Å²) >= 11 is 0. The minimum Gasteiger partial charge on any atom is -0.507 e. The monoisotopic (exact) mass is 482 g/mol. The van der Waals surface area contributed by atoms with E-state index in [1.165, 1.54) is 0 Å². The molecular weight excluding hydrogens is 452 g/mol. The van der Waals surface area contributed by atoms with Crippen molar-refractivity contribution in [1.82, 2.24) is 4.90 Å². The third-order valence-corrected chi connectivity index (χ3v) is 7.84. The van der Waals surface area contributed by atoms with E-state index in [2.05, 4.69) is 6.58 Å². The highest BCUT2D eigenvalue weighted by atomic mass is 16.3. The van der Waals surface area contributed by atoms with Crippen LogP contribution in [0, 0.1) is 23.7 Å². The number of phenolic OH excluding ortho intramolecular Hbond substituents is 1. The number of amides is 1. The molecule has 4 N–H and O–H groups in total. The van der Waals surface area contributed by atoms with Crippen LogP contribution in [0.2, 0.25) is 0 Å². The molecule has 0 radical (unpaired) electrons. The Kier molecular flexibility index (Phi) is 6.27. The van der Waals surface area contributed by atoms with Gasteiger partial charge in [0.1, 0.15) is 5.75 Å². The molecular formula is C26H30N2O7. The second-order valence-corrected chi connectivity index (χ2v) is 9.98. The molecule has 2 unspecified atom stereocenters. The number of nitrogens with zero attached hydrogens (tertiary/aromatic N) is 1. The number of primary amides is 1. The Morgan fingerprint density at radius 1 is 1.23 bits per heavy atom. The molecule has 0 aromatic heterocycles. The molecule has 1 aromatic carbocycles. The Bertz CT molecular complexity index is 1170. The molecule has 0 spiro atoms. The second-order valence-electron chi connectivity index (χ2n) is 9.98. The van der Waals surface area contributed by atoms with Gasteiger partial charge in [0.15, 0.2) is 34.7 Å². The second kappa shape index (κ2) is 8.80. The zero-order chi connectivity index (χ0) is 25.8. The smallest absolute Gasteiger partial charge is 0.235 e. The summed E-state index contributed by atoms with van der Waals surface area (Å²) in [5, 5.41) is 22.4. The summed E-state index contributed by atoms with van der Waals surface area (Å²) in [5.74, 6) is -9.86. The van der Waals surface area contributed by atoms with Gasteiger partial charge in [-0.1, -0.05) is 19.1 Å². The fraction of sp³-hybridized carbons (Fsp3) is 0.500. The number of hydrogen-bond acceptors (Lipinski definition) is 8. The number of rotatable bonds is 6. The number of fused-ring (bicyclic) bond motifs is 3. The lowest BCUT2D eigenvalue weighted by Crippen LogP contribution is -2.68. The van der Waals surface area contributed by atoms with E-state index in [1.54, 1.807) is 6.08 Å². The Hall–Kier alpha value is -3.17. The third kappa shape index (κ3) is 3.65. The summed E-state index contributed by atoms with van der Waals surface area (Å²) in [6.45, 7) is 6.55.